The van der Waals surface area contributed by atoms with Crippen LogP contribution in [-0.4, -0.2) is 64.2 Å². The van der Waals surface area contributed by atoms with Crippen LogP contribution < -0.4 is 10.6 Å². The lowest BCUT2D eigenvalue weighted by Crippen LogP contribution is -2.61. The number of carboxylic acids is 1. The van der Waals surface area contributed by atoms with E-state index in [2.05, 4.69) is 24.5 Å². The molecule has 1 heterocycles. The van der Waals surface area contributed by atoms with Crippen molar-refractivity contribution >= 4 is 23.9 Å². The zero-order valence-electron chi connectivity index (χ0n) is 26.0. The van der Waals surface area contributed by atoms with Crippen molar-refractivity contribution in [2.75, 3.05) is 6.54 Å². The zero-order chi connectivity index (χ0) is 30.1. The summed E-state index contributed by atoms with van der Waals surface area (Å²) in [6.07, 6.45) is 8.41. The molecular weight excluding hydrogens is 510 g/mol. The van der Waals surface area contributed by atoms with E-state index in [1.165, 1.54) is 4.90 Å². The second kappa shape index (κ2) is 11.9. The third-order valence-electron chi connectivity index (χ3n) is 9.62. The summed E-state index contributed by atoms with van der Waals surface area (Å²) < 4.78 is 5.46. The Hall–Kier alpha value is -2.32. The maximum atomic E-state index is 14.2. The number of hydrogen-bond acceptors (Lipinski definition) is 5. The van der Waals surface area contributed by atoms with Crippen LogP contribution in [0.3, 0.4) is 0 Å². The number of hydrogen-bond donors (Lipinski definition) is 3. The topological polar surface area (TPSA) is 125 Å². The molecule has 0 radical (unpaired) electrons. The van der Waals surface area contributed by atoms with Crippen LogP contribution in [0.4, 0.5) is 4.79 Å². The van der Waals surface area contributed by atoms with Gasteiger partial charge >= 0.3 is 12.1 Å². The third-order valence-corrected chi connectivity index (χ3v) is 9.62. The fraction of sp³-hybridized carbons (Fsp3) is 0.871. The summed E-state index contributed by atoms with van der Waals surface area (Å²) in [5, 5.41) is 16.0. The molecule has 2 aliphatic carbocycles. The van der Waals surface area contributed by atoms with Crippen molar-refractivity contribution in [1.29, 1.82) is 0 Å². The van der Waals surface area contributed by atoms with E-state index in [4.69, 9.17) is 4.74 Å². The molecule has 0 aromatic heterocycles. The minimum absolute atomic E-state index is 0.0677. The molecule has 3 N–H and O–H groups in total. The molecule has 9 heteroatoms. The van der Waals surface area contributed by atoms with E-state index in [0.29, 0.717) is 13.0 Å². The van der Waals surface area contributed by atoms with E-state index in [9.17, 15) is 24.3 Å². The summed E-state index contributed by atoms with van der Waals surface area (Å²) in [7, 11) is 0. The third kappa shape index (κ3) is 7.30. The zero-order valence-corrected chi connectivity index (χ0v) is 26.0. The van der Waals surface area contributed by atoms with Gasteiger partial charge in [0.25, 0.3) is 0 Å². The SMILES string of the molecule is CC(C)(C)OC(=O)NC(C(=O)NC(C(=O)N1CC2(CCCCC2(C)C)CC1C(=O)O)C(C)(C)C)C1CCCCC1. The Morgan fingerprint density at radius 1 is 0.900 bits per heavy atom. The molecule has 3 amide bonds. The maximum absolute atomic E-state index is 14.2. The molecule has 3 aliphatic rings. The number of nitrogens with one attached hydrogen (secondary N) is 2. The Bertz CT molecular complexity index is 959. The molecule has 1 saturated heterocycles. The molecule has 1 aliphatic heterocycles. The van der Waals surface area contributed by atoms with Crippen LogP contribution in [0.2, 0.25) is 0 Å². The van der Waals surface area contributed by atoms with Crippen molar-refractivity contribution in [3.8, 4) is 0 Å². The number of amides is 3. The largest absolute Gasteiger partial charge is 0.480 e. The Labute approximate surface area is 240 Å². The molecule has 2 saturated carbocycles. The lowest BCUT2D eigenvalue weighted by Gasteiger charge is -2.48. The van der Waals surface area contributed by atoms with Crippen molar-refractivity contribution in [2.24, 2.45) is 22.2 Å². The molecule has 40 heavy (non-hydrogen) atoms. The number of nitrogens with zero attached hydrogens (tertiary/aromatic N) is 1. The molecular formula is C31H53N3O6. The van der Waals surface area contributed by atoms with Crippen molar-refractivity contribution in [3.63, 3.8) is 0 Å². The number of carbonyl (C=O) groups is 4. The lowest BCUT2D eigenvalue weighted by molar-refractivity contribution is -0.151. The van der Waals surface area contributed by atoms with Crippen LogP contribution in [0.25, 0.3) is 0 Å². The van der Waals surface area contributed by atoms with E-state index in [0.717, 1.165) is 57.8 Å². The molecule has 0 bridgehead atoms. The molecule has 0 aromatic carbocycles. The van der Waals surface area contributed by atoms with Crippen LogP contribution in [0.15, 0.2) is 0 Å². The van der Waals surface area contributed by atoms with Gasteiger partial charge in [0.1, 0.15) is 23.7 Å². The van der Waals surface area contributed by atoms with Crippen molar-refractivity contribution < 1.29 is 29.0 Å². The summed E-state index contributed by atoms with van der Waals surface area (Å²) in [5.41, 5.74) is -1.75. The number of aliphatic carboxylic acids is 1. The smallest absolute Gasteiger partial charge is 0.408 e. The summed E-state index contributed by atoms with van der Waals surface area (Å²) in [4.78, 5) is 54.8. The van der Waals surface area contributed by atoms with Crippen LogP contribution in [0, 0.1) is 22.2 Å². The minimum Gasteiger partial charge on any atom is -0.480 e. The first kappa shape index (κ1) is 32.2. The number of carboxylic acid groups (broad SMARTS) is 1. The fourth-order valence-corrected chi connectivity index (χ4v) is 7.08. The summed E-state index contributed by atoms with van der Waals surface area (Å²) in [6, 6.07) is -2.72. The van der Waals surface area contributed by atoms with Crippen LogP contribution in [-0.2, 0) is 19.1 Å². The molecule has 9 nitrogen and oxygen atoms in total. The summed E-state index contributed by atoms with van der Waals surface area (Å²) in [6.45, 7) is 15.7. The second-order valence-electron chi connectivity index (χ2n) is 15.2. The molecule has 3 rings (SSSR count). The van der Waals surface area contributed by atoms with Gasteiger partial charge in [-0.15, -0.1) is 0 Å². The fourth-order valence-electron chi connectivity index (χ4n) is 7.08. The predicted octanol–water partition coefficient (Wildman–Crippen LogP) is 5.26. The van der Waals surface area contributed by atoms with E-state index < -0.39 is 47.1 Å². The highest BCUT2D eigenvalue weighted by Crippen LogP contribution is 2.57. The van der Waals surface area contributed by atoms with E-state index >= 15 is 0 Å². The van der Waals surface area contributed by atoms with Gasteiger partial charge in [-0.2, -0.15) is 0 Å². The van der Waals surface area contributed by atoms with Gasteiger partial charge in [-0.25, -0.2) is 9.59 Å². The molecule has 228 valence electrons. The number of carbonyl (C=O) groups excluding carboxylic acids is 3. The average Bonchev–Trinajstić information content (AvgIpc) is 3.23. The van der Waals surface area contributed by atoms with Gasteiger partial charge < -0.3 is 25.4 Å². The molecule has 4 atom stereocenters. The van der Waals surface area contributed by atoms with Gasteiger partial charge in [0.15, 0.2) is 0 Å². The van der Waals surface area contributed by atoms with Gasteiger partial charge in [0.05, 0.1) is 0 Å². The summed E-state index contributed by atoms with van der Waals surface area (Å²) >= 11 is 0. The van der Waals surface area contributed by atoms with E-state index in [-0.39, 0.29) is 22.7 Å². The van der Waals surface area contributed by atoms with Crippen LogP contribution in [0.5, 0.6) is 0 Å². The molecule has 0 aromatic rings. The van der Waals surface area contributed by atoms with Gasteiger partial charge in [0, 0.05) is 6.54 Å². The number of ether oxygens (including phenoxy) is 1. The maximum Gasteiger partial charge on any atom is 0.408 e. The number of likely N-dealkylation sites (tertiary alicyclic amines) is 1. The first-order valence-electron chi connectivity index (χ1n) is 15.2. The second-order valence-corrected chi connectivity index (χ2v) is 15.2. The highest BCUT2D eigenvalue weighted by atomic mass is 16.6. The monoisotopic (exact) mass is 563 g/mol. The first-order chi connectivity index (χ1) is 18.4. The Morgan fingerprint density at radius 3 is 2.02 bits per heavy atom. The highest BCUT2D eigenvalue weighted by Gasteiger charge is 2.57. The summed E-state index contributed by atoms with van der Waals surface area (Å²) in [5.74, 6) is -1.87. The van der Waals surface area contributed by atoms with Crippen molar-refractivity contribution in [3.05, 3.63) is 0 Å². The standard InChI is InChI=1S/C31H53N3O6/c1-28(2,3)23(25(36)34-19-31(18-21(34)26(37)38)17-13-12-16-30(31,7)8)33-24(35)22(20-14-10-9-11-15-20)32-27(39)40-29(4,5)6/h20-23H,9-19H2,1-8H3,(H,32,39)(H,33,35)(H,37,38). The Kier molecular flexibility index (Phi) is 9.57. The number of rotatable bonds is 6. The van der Waals surface area contributed by atoms with Crippen molar-refractivity contribution in [2.45, 2.75) is 143 Å². The Balaban J connectivity index is 1.88. The van der Waals surface area contributed by atoms with Gasteiger partial charge in [0.2, 0.25) is 11.8 Å². The van der Waals surface area contributed by atoms with Gasteiger partial charge in [-0.3, -0.25) is 9.59 Å². The average molecular weight is 564 g/mol. The lowest BCUT2D eigenvalue weighted by atomic mass is 9.57. The molecule has 3 fully saturated rings. The number of alkyl carbamates (subject to hydrolysis) is 1. The quantitative estimate of drug-likeness (QED) is 0.405. The van der Waals surface area contributed by atoms with E-state index in [1.807, 2.05) is 20.8 Å². The Morgan fingerprint density at radius 2 is 1.50 bits per heavy atom. The first-order valence-corrected chi connectivity index (χ1v) is 15.2. The molecule has 1 spiro atoms. The molecule has 4 unspecified atom stereocenters. The van der Waals surface area contributed by atoms with Crippen LogP contribution in [0.1, 0.15) is 120 Å². The minimum atomic E-state index is -1.00. The highest BCUT2D eigenvalue weighted by molar-refractivity contribution is 5.94. The van der Waals surface area contributed by atoms with Crippen LogP contribution >= 0.6 is 0 Å². The normalized spacial score (nSPS) is 27.1. The van der Waals surface area contributed by atoms with Crippen molar-refractivity contribution in [1.82, 2.24) is 15.5 Å². The van der Waals surface area contributed by atoms with Gasteiger partial charge in [-0.1, -0.05) is 66.7 Å². The predicted molar refractivity (Wildman–Crippen MR) is 154 cm³/mol. The van der Waals surface area contributed by atoms with E-state index in [1.54, 1.807) is 20.8 Å². The van der Waals surface area contributed by atoms with Gasteiger partial charge in [-0.05, 0) is 75.0 Å².